The van der Waals surface area contributed by atoms with Crippen LogP contribution in [0.1, 0.15) is 5.56 Å². The van der Waals surface area contributed by atoms with E-state index in [4.69, 9.17) is 5.26 Å². The van der Waals surface area contributed by atoms with Gasteiger partial charge in [-0.25, -0.2) is 0 Å². The van der Waals surface area contributed by atoms with E-state index in [9.17, 15) is 14.9 Å². The Hall–Kier alpha value is -3.46. The lowest BCUT2D eigenvalue weighted by atomic mass is 10.1. The second-order valence-corrected chi connectivity index (χ2v) is 4.31. The summed E-state index contributed by atoms with van der Waals surface area (Å²) in [6, 6.07) is 16.3. The average molecular weight is 293 g/mol. The Labute approximate surface area is 126 Å². The lowest BCUT2D eigenvalue weighted by molar-refractivity contribution is -0.385. The summed E-state index contributed by atoms with van der Waals surface area (Å²) >= 11 is 0. The zero-order chi connectivity index (χ0) is 15.9. The van der Waals surface area contributed by atoms with Crippen molar-refractivity contribution < 1.29 is 9.72 Å². The molecule has 0 aliphatic rings. The molecule has 0 saturated heterocycles. The molecule has 1 amide bonds. The molecule has 2 aromatic carbocycles. The highest BCUT2D eigenvalue weighted by Gasteiger charge is 2.14. The molecule has 6 nitrogen and oxygen atoms in total. The number of carbonyl (C=O) groups is 1. The third-order valence-electron chi connectivity index (χ3n) is 2.83. The Morgan fingerprint density at radius 3 is 2.41 bits per heavy atom. The lowest BCUT2D eigenvalue weighted by Gasteiger charge is -2.04. The van der Waals surface area contributed by atoms with Crippen LogP contribution in [0.25, 0.3) is 6.08 Å². The number of hydrogen-bond acceptors (Lipinski definition) is 4. The van der Waals surface area contributed by atoms with Gasteiger partial charge in [-0.05, 0) is 24.3 Å². The number of nitriles is 1. The number of benzene rings is 2. The van der Waals surface area contributed by atoms with Crippen molar-refractivity contribution in [3.8, 4) is 6.07 Å². The first-order valence-electron chi connectivity index (χ1n) is 6.33. The summed E-state index contributed by atoms with van der Waals surface area (Å²) in [5, 5.41) is 22.6. The van der Waals surface area contributed by atoms with Crippen LogP contribution in [-0.4, -0.2) is 10.8 Å². The molecule has 22 heavy (non-hydrogen) atoms. The molecule has 0 aliphatic carbocycles. The van der Waals surface area contributed by atoms with Crippen molar-refractivity contribution in [2.24, 2.45) is 0 Å². The minimum absolute atomic E-state index is 0.164. The van der Waals surface area contributed by atoms with E-state index < -0.39 is 10.8 Å². The normalized spacial score (nSPS) is 10.6. The van der Waals surface area contributed by atoms with Crippen LogP contribution in [0.2, 0.25) is 0 Å². The molecule has 6 heteroatoms. The number of carbonyl (C=O) groups excluding carboxylic acids is 1. The van der Waals surface area contributed by atoms with E-state index >= 15 is 0 Å². The second kappa shape index (κ2) is 6.81. The van der Waals surface area contributed by atoms with Gasteiger partial charge >= 0.3 is 0 Å². The molecule has 108 valence electrons. The number of amides is 1. The van der Waals surface area contributed by atoms with E-state index in [1.54, 1.807) is 42.5 Å². The van der Waals surface area contributed by atoms with Crippen molar-refractivity contribution in [3.63, 3.8) is 0 Å². The molecule has 2 aromatic rings. The molecule has 0 spiro atoms. The molecule has 0 fully saturated rings. The van der Waals surface area contributed by atoms with E-state index in [-0.39, 0.29) is 16.8 Å². The fourth-order valence-electron chi connectivity index (χ4n) is 1.80. The van der Waals surface area contributed by atoms with Crippen LogP contribution in [0.5, 0.6) is 0 Å². The van der Waals surface area contributed by atoms with Gasteiger partial charge in [0, 0.05) is 11.8 Å². The molecule has 1 N–H and O–H groups in total. The van der Waals surface area contributed by atoms with E-state index in [2.05, 4.69) is 5.32 Å². The maximum atomic E-state index is 12.1. The Bertz CT molecular complexity index is 777. The molecule has 2 rings (SSSR count). The molecule has 0 aliphatic heterocycles. The predicted octanol–water partition coefficient (Wildman–Crippen LogP) is 3.14. The highest BCUT2D eigenvalue weighted by molar-refractivity contribution is 6.09. The maximum Gasteiger partial charge on any atom is 0.276 e. The fraction of sp³-hybridized carbons (Fsp3) is 0. The molecule has 0 radical (unpaired) electrons. The summed E-state index contributed by atoms with van der Waals surface area (Å²) < 4.78 is 0. The first kappa shape index (κ1) is 14.9. The van der Waals surface area contributed by atoms with E-state index in [1.165, 1.54) is 24.3 Å². The van der Waals surface area contributed by atoms with Gasteiger partial charge in [-0.2, -0.15) is 5.26 Å². The number of rotatable bonds is 4. The van der Waals surface area contributed by atoms with Gasteiger partial charge in [0.2, 0.25) is 0 Å². The monoisotopic (exact) mass is 293 g/mol. The Balaban J connectivity index is 2.30. The highest BCUT2D eigenvalue weighted by Crippen LogP contribution is 2.21. The van der Waals surface area contributed by atoms with Crippen molar-refractivity contribution in [1.82, 2.24) is 0 Å². The highest BCUT2D eigenvalue weighted by atomic mass is 16.6. The van der Waals surface area contributed by atoms with Crippen LogP contribution < -0.4 is 5.32 Å². The molecule has 0 bridgehead atoms. The first-order chi connectivity index (χ1) is 10.6. The number of nitrogens with one attached hydrogen (secondary N) is 1. The van der Waals surface area contributed by atoms with Gasteiger partial charge < -0.3 is 5.32 Å². The fourth-order valence-corrected chi connectivity index (χ4v) is 1.80. The van der Waals surface area contributed by atoms with E-state index in [0.29, 0.717) is 5.69 Å². The summed E-state index contributed by atoms with van der Waals surface area (Å²) in [6.07, 6.45) is 1.20. The SMILES string of the molecule is N#CC(=Cc1ccccc1[N+](=O)[O-])C(=O)Nc1ccccc1. The third kappa shape index (κ3) is 3.55. The minimum Gasteiger partial charge on any atom is -0.321 e. The van der Waals surface area contributed by atoms with Gasteiger partial charge in [-0.1, -0.05) is 30.3 Å². The van der Waals surface area contributed by atoms with Crippen molar-refractivity contribution in [2.75, 3.05) is 5.32 Å². The Morgan fingerprint density at radius 1 is 1.14 bits per heavy atom. The minimum atomic E-state index is -0.619. The van der Waals surface area contributed by atoms with Gasteiger partial charge in [0.05, 0.1) is 10.5 Å². The molecule has 0 aromatic heterocycles. The Morgan fingerprint density at radius 2 is 1.77 bits per heavy atom. The zero-order valence-electron chi connectivity index (χ0n) is 11.4. The van der Waals surface area contributed by atoms with Crippen LogP contribution in [0, 0.1) is 21.4 Å². The topological polar surface area (TPSA) is 96.0 Å². The molecule has 0 heterocycles. The molecule has 0 unspecified atom stereocenters. The van der Waals surface area contributed by atoms with Crippen LogP contribution in [0.4, 0.5) is 11.4 Å². The number of anilines is 1. The average Bonchev–Trinajstić information content (AvgIpc) is 2.53. The van der Waals surface area contributed by atoms with Crippen LogP contribution in [-0.2, 0) is 4.79 Å². The molecule has 0 saturated carbocycles. The predicted molar refractivity (Wildman–Crippen MR) is 81.8 cm³/mol. The van der Waals surface area contributed by atoms with Crippen molar-refractivity contribution in [2.45, 2.75) is 0 Å². The number of nitro groups is 1. The number of nitro benzene ring substituents is 1. The van der Waals surface area contributed by atoms with Gasteiger partial charge in [-0.3, -0.25) is 14.9 Å². The van der Waals surface area contributed by atoms with Crippen molar-refractivity contribution in [3.05, 3.63) is 75.8 Å². The van der Waals surface area contributed by atoms with E-state index in [0.717, 1.165) is 0 Å². The quantitative estimate of drug-likeness (QED) is 0.405. The summed E-state index contributed by atoms with van der Waals surface area (Å²) in [4.78, 5) is 22.4. The molecule has 0 atom stereocenters. The van der Waals surface area contributed by atoms with Crippen molar-refractivity contribution >= 4 is 23.4 Å². The number of hydrogen-bond donors (Lipinski definition) is 1. The second-order valence-electron chi connectivity index (χ2n) is 4.31. The van der Waals surface area contributed by atoms with Gasteiger partial charge in [0.15, 0.2) is 0 Å². The van der Waals surface area contributed by atoms with Gasteiger partial charge in [0.25, 0.3) is 11.6 Å². The standard InChI is InChI=1S/C16H11N3O3/c17-11-13(16(20)18-14-7-2-1-3-8-14)10-12-6-4-5-9-15(12)19(21)22/h1-10H,(H,18,20). The van der Waals surface area contributed by atoms with E-state index in [1.807, 2.05) is 0 Å². The molecular formula is C16H11N3O3. The van der Waals surface area contributed by atoms with Crippen LogP contribution >= 0.6 is 0 Å². The summed E-state index contributed by atoms with van der Waals surface area (Å²) in [5.41, 5.74) is 0.365. The summed E-state index contributed by atoms with van der Waals surface area (Å²) in [6.45, 7) is 0. The lowest BCUT2D eigenvalue weighted by Crippen LogP contribution is -2.13. The maximum absolute atomic E-state index is 12.1. The number of para-hydroxylation sites is 2. The van der Waals surface area contributed by atoms with Crippen LogP contribution in [0.3, 0.4) is 0 Å². The third-order valence-corrected chi connectivity index (χ3v) is 2.83. The summed E-state index contributed by atoms with van der Waals surface area (Å²) in [5.74, 6) is -0.619. The summed E-state index contributed by atoms with van der Waals surface area (Å²) in [7, 11) is 0. The Kier molecular flexibility index (Phi) is 4.63. The van der Waals surface area contributed by atoms with Gasteiger partial charge in [0.1, 0.15) is 11.6 Å². The number of nitrogens with zero attached hydrogens (tertiary/aromatic N) is 2. The van der Waals surface area contributed by atoms with Gasteiger partial charge in [-0.15, -0.1) is 0 Å². The van der Waals surface area contributed by atoms with Crippen molar-refractivity contribution in [1.29, 1.82) is 5.26 Å². The van der Waals surface area contributed by atoms with Crippen LogP contribution in [0.15, 0.2) is 60.2 Å². The first-order valence-corrected chi connectivity index (χ1v) is 6.33. The zero-order valence-corrected chi connectivity index (χ0v) is 11.4. The largest absolute Gasteiger partial charge is 0.321 e. The smallest absolute Gasteiger partial charge is 0.276 e. The molecular weight excluding hydrogens is 282 g/mol.